The van der Waals surface area contributed by atoms with Crippen molar-refractivity contribution in [2.45, 2.75) is 11.4 Å². The number of ether oxygens (including phenoxy) is 1. The van der Waals surface area contributed by atoms with Crippen LogP contribution in [0, 0.1) is 0 Å². The fourth-order valence-electron chi connectivity index (χ4n) is 2.62. The molecule has 0 radical (unpaired) electrons. The number of hydrogen-bond donors (Lipinski definition) is 3. The summed E-state index contributed by atoms with van der Waals surface area (Å²) in [6, 6.07) is 15.7. The standard InChI is InChI=1S/C20H19N3O5S/c1-28-19-13-16(22-29(26,27)15-8-4-2-5-9-15)18(24)12-17(19)21-20(25)14-23-10-6-3-7-11-23/h2-13,22H,14H2,1H3,(H-,21,24,25)/p+1. The molecule has 1 amide bonds. The number of aromatic nitrogens is 1. The summed E-state index contributed by atoms with van der Waals surface area (Å²) in [6.07, 6.45) is 3.49. The second-order valence-electron chi connectivity index (χ2n) is 6.08. The first-order valence-electron chi connectivity index (χ1n) is 8.62. The average molecular weight is 414 g/mol. The Kier molecular flexibility index (Phi) is 5.99. The van der Waals surface area contributed by atoms with E-state index in [0.717, 1.165) is 0 Å². The first-order chi connectivity index (χ1) is 13.9. The van der Waals surface area contributed by atoms with Crippen LogP contribution in [0.3, 0.4) is 0 Å². The molecule has 3 rings (SSSR count). The molecule has 1 aromatic heterocycles. The Morgan fingerprint density at radius 1 is 1.03 bits per heavy atom. The molecular formula is C20H20N3O5S+. The van der Waals surface area contributed by atoms with E-state index in [4.69, 9.17) is 4.74 Å². The molecule has 0 atom stereocenters. The Bertz CT molecular complexity index is 1100. The number of pyridine rings is 1. The van der Waals surface area contributed by atoms with E-state index in [1.54, 1.807) is 47.3 Å². The number of rotatable bonds is 7. The third kappa shape index (κ3) is 5.02. The number of phenolic OH excluding ortho intramolecular Hbond substituents is 1. The molecule has 0 bridgehead atoms. The first kappa shape index (κ1) is 20.2. The highest BCUT2D eigenvalue weighted by Gasteiger charge is 2.19. The van der Waals surface area contributed by atoms with Gasteiger partial charge in [-0.15, -0.1) is 0 Å². The van der Waals surface area contributed by atoms with Gasteiger partial charge >= 0.3 is 0 Å². The van der Waals surface area contributed by atoms with E-state index in [2.05, 4.69) is 10.0 Å². The van der Waals surface area contributed by atoms with Crippen LogP contribution in [0.2, 0.25) is 0 Å². The lowest BCUT2D eigenvalue weighted by Gasteiger charge is -2.14. The molecule has 0 aliphatic carbocycles. The van der Waals surface area contributed by atoms with E-state index in [0.29, 0.717) is 0 Å². The van der Waals surface area contributed by atoms with Crippen molar-refractivity contribution in [3.63, 3.8) is 0 Å². The number of amides is 1. The topological polar surface area (TPSA) is 109 Å². The average Bonchev–Trinajstić information content (AvgIpc) is 2.71. The molecule has 3 aromatic rings. The maximum absolute atomic E-state index is 12.5. The molecule has 150 valence electrons. The molecule has 3 N–H and O–H groups in total. The number of hydrogen-bond acceptors (Lipinski definition) is 5. The summed E-state index contributed by atoms with van der Waals surface area (Å²) in [4.78, 5) is 12.3. The van der Waals surface area contributed by atoms with Crippen LogP contribution in [-0.2, 0) is 21.4 Å². The SMILES string of the molecule is COc1cc(NS(=O)(=O)c2ccccc2)c(O)cc1NC(=O)C[n+]1ccccc1. The second-order valence-corrected chi connectivity index (χ2v) is 7.77. The Balaban J connectivity index is 1.81. The molecule has 8 nitrogen and oxygen atoms in total. The zero-order valence-corrected chi connectivity index (χ0v) is 16.4. The van der Waals surface area contributed by atoms with E-state index in [1.807, 2.05) is 6.07 Å². The van der Waals surface area contributed by atoms with Crippen molar-refractivity contribution in [1.29, 1.82) is 0 Å². The van der Waals surface area contributed by atoms with Crippen molar-refractivity contribution in [2.75, 3.05) is 17.1 Å². The van der Waals surface area contributed by atoms with Gasteiger partial charge in [-0.25, -0.2) is 8.42 Å². The maximum Gasteiger partial charge on any atom is 0.290 e. The Labute approximate surface area is 168 Å². The van der Waals surface area contributed by atoms with E-state index in [-0.39, 0.29) is 40.2 Å². The molecule has 29 heavy (non-hydrogen) atoms. The van der Waals surface area contributed by atoms with E-state index in [9.17, 15) is 18.3 Å². The number of aromatic hydroxyl groups is 1. The first-order valence-corrected chi connectivity index (χ1v) is 10.1. The Morgan fingerprint density at radius 3 is 2.34 bits per heavy atom. The van der Waals surface area contributed by atoms with Gasteiger partial charge in [0.25, 0.3) is 15.9 Å². The minimum absolute atomic E-state index is 0.0515. The third-order valence-electron chi connectivity index (χ3n) is 3.99. The normalized spacial score (nSPS) is 10.9. The Hall–Kier alpha value is -3.59. The number of carbonyl (C=O) groups excluding carboxylic acids is 1. The molecule has 0 fully saturated rings. The van der Waals surface area contributed by atoms with Crippen molar-refractivity contribution < 1.29 is 27.6 Å². The summed E-state index contributed by atoms with van der Waals surface area (Å²) in [5, 5.41) is 12.9. The monoisotopic (exact) mass is 414 g/mol. The van der Waals surface area contributed by atoms with Crippen LogP contribution in [0.15, 0.2) is 78.0 Å². The molecule has 0 saturated heterocycles. The third-order valence-corrected chi connectivity index (χ3v) is 5.37. The van der Waals surface area contributed by atoms with Crippen LogP contribution in [0.4, 0.5) is 11.4 Å². The summed E-state index contributed by atoms with van der Waals surface area (Å²) >= 11 is 0. The predicted molar refractivity (Wildman–Crippen MR) is 107 cm³/mol. The van der Waals surface area contributed by atoms with Crippen LogP contribution in [0.25, 0.3) is 0 Å². The number of nitrogens with one attached hydrogen (secondary N) is 2. The molecule has 0 aliphatic rings. The summed E-state index contributed by atoms with van der Waals surface area (Å²) < 4.78 is 34.2. The van der Waals surface area contributed by atoms with Crippen molar-refractivity contribution >= 4 is 27.3 Å². The summed E-state index contributed by atoms with van der Waals surface area (Å²) in [7, 11) is -2.52. The van der Waals surface area contributed by atoms with E-state index < -0.39 is 10.0 Å². The zero-order valence-electron chi connectivity index (χ0n) is 15.6. The molecule has 0 spiro atoms. The van der Waals surface area contributed by atoms with Gasteiger partial charge in [0.2, 0.25) is 6.54 Å². The number of anilines is 2. The molecule has 2 aromatic carbocycles. The largest absolute Gasteiger partial charge is 0.506 e. The van der Waals surface area contributed by atoms with Gasteiger partial charge in [0.05, 0.1) is 23.4 Å². The highest BCUT2D eigenvalue weighted by atomic mass is 32.2. The van der Waals surface area contributed by atoms with Crippen LogP contribution in [0.1, 0.15) is 0 Å². The molecule has 0 saturated carbocycles. The number of sulfonamides is 1. The molecular weight excluding hydrogens is 394 g/mol. The lowest BCUT2D eigenvalue weighted by molar-refractivity contribution is -0.684. The smallest absolute Gasteiger partial charge is 0.290 e. The van der Waals surface area contributed by atoms with E-state index in [1.165, 1.54) is 31.4 Å². The van der Waals surface area contributed by atoms with Crippen LogP contribution in [-0.4, -0.2) is 26.5 Å². The minimum atomic E-state index is -3.89. The van der Waals surface area contributed by atoms with Gasteiger partial charge in [-0.1, -0.05) is 24.3 Å². The van der Waals surface area contributed by atoms with Gasteiger partial charge < -0.3 is 15.2 Å². The van der Waals surface area contributed by atoms with Gasteiger partial charge in [-0.3, -0.25) is 9.52 Å². The number of carbonyl (C=O) groups is 1. The summed E-state index contributed by atoms with van der Waals surface area (Å²) in [6.45, 7) is 0.0626. The van der Waals surface area contributed by atoms with Gasteiger partial charge in [0.15, 0.2) is 12.4 Å². The van der Waals surface area contributed by atoms with Crippen LogP contribution < -0.4 is 19.3 Å². The van der Waals surface area contributed by atoms with Crippen LogP contribution in [0.5, 0.6) is 11.5 Å². The van der Waals surface area contributed by atoms with Gasteiger partial charge in [0, 0.05) is 24.3 Å². The van der Waals surface area contributed by atoms with Crippen molar-refractivity contribution in [3.05, 3.63) is 73.1 Å². The van der Waals surface area contributed by atoms with Crippen molar-refractivity contribution in [3.8, 4) is 11.5 Å². The van der Waals surface area contributed by atoms with E-state index >= 15 is 0 Å². The molecule has 1 heterocycles. The lowest BCUT2D eigenvalue weighted by atomic mass is 10.2. The minimum Gasteiger partial charge on any atom is -0.506 e. The highest BCUT2D eigenvalue weighted by molar-refractivity contribution is 7.92. The molecule has 9 heteroatoms. The molecule has 0 unspecified atom stereocenters. The fourth-order valence-corrected chi connectivity index (χ4v) is 3.70. The second kappa shape index (κ2) is 8.61. The summed E-state index contributed by atoms with van der Waals surface area (Å²) in [5.41, 5.74) is 0.148. The maximum atomic E-state index is 12.5. The van der Waals surface area contributed by atoms with Gasteiger partial charge in [0.1, 0.15) is 11.5 Å². The lowest BCUT2D eigenvalue weighted by Crippen LogP contribution is -2.39. The van der Waals surface area contributed by atoms with Crippen molar-refractivity contribution in [2.24, 2.45) is 0 Å². The van der Waals surface area contributed by atoms with Gasteiger partial charge in [-0.2, -0.15) is 4.57 Å². The predicted octanol–water partition coefficient (Wildman–Crippen LogP) is 2.13. The number of methoxy groups -OCH3 is 1. The zero-order chi connectivity index (χ0) is 20.9. The highest BCUT2D eigenvalue weighted by Crippen LogP contribution is 2.36. The summed E-state index contributed by atoms with van der Waals surface area (Å²) in [5.74, 6) is -0.496. The van der Waals surface area contributed by atoms with Crippen LogP contribution >= 0.6 is 0 Å². The van der Waals surface area contributed by atoms with Gasteiger partial charge in [-0.05, 0) is 12.1 Å². The quantitative estimate of drug-likeness (QED) is 0.405. The number of benzene rings is 2. The molecule has 0 aliphatic heterocycles. The number of phenols is 1. The number of nitrogens with zero attached hydrogens (tertiary/aromatic N) is 1. The fraction of sp³-hybridized carbons (Fsp3) is 0.100. The Morgan fingerprint density at radius 2 is 1.69 bits per heavy atom. The van der Waals surface area contributed by atoms with Crippen molar-refractivity contribution in [1.82, 2.24) is 0 Å².